The van der Waals surface area contributed by atoms with Crippen molar-refractivity contribution in [1.82, 2.24) is 25.1 Å². The second kappa shape index (κ2) is 10.9. The number of rotatable bonds is 9. The molecule has 32 heavy (non-hydrogen) atoms. The Balaban J connectivity index is 1.71. The van der Waals surface area contributed by atoms with E-state index in [-0.39, 0.29) is 29.5 Å². The van der Waals surface area contributed by atoms with Crippen molar-refractivity contribution in [1.29, 1.82) is 0 Å². The van der Waals surface area contributed by atoms with E-state index in [9.17, 15) is 9.59 Å². The Morgan fingerprint density at radius 2 is 1.84 bits per heavy atom. The maximum absolute atomic E-state index is 12.8. The lowest BCUT2D eigenvalue weighted by molar-refractivity contribution is -0.113. The molecule has 2 aromatic heterocycles. The Bertz CT molecular complexity index is 1050. The molecule has 0 unspecified atom stereocenters. The molecular weight excluding hydrogens is 424 g/mol. The number of hydrogen-bond acceptors (Lipinski definition) is 6. The highest BCUT2D eigenvalue weighted by Gasteiger charge is 2.26. The summed E-state index contributed by atoms with van der Waals surface area (Å²) in [6.07, 6.45) is 1.62. The van der Waals surface area contributed by atoms with E-state index in [4.69, 9.17) is 0 Å². The zero-order valence-electron chi connectivity index (χ0n) is 18.7. The number of nitrogens with zero attached hydrogens (tertiary/aromatic N) is 4. The average Bonchev–Trinajstić information content (AvgIpc) is 3.19. The van der Waals surface area contributed by atoms with Crippen LogP contribution in [0.3, 0.4) is 0 Å². The minimum Gasteiger partial charge on any atom is -0.342 e. The van der Waals surface area contributed by atoms with Gasteiger partial charge >= 0.3 is 0 Å². The van der Waals surface area contributed by atoms with Crippen molar-refractivity contribution in [3.63, 3.8) is 0 Å². The smallest absolute Gasteiger partial charge is 0.251 e. The van der Waals surface area contributed by atoms with Crippen molar-refractivity contribution in [2.45, 2.75) is 45.4 Å². The van der Waals surface area contributed by atoms with Crippen LogP contribution in [0.5, 0.6) is 0 Å². The maximum Gasteiger partial charge on any atom is 0.251 e. The van der Waals surface area contributed by atoms with Gasteiger partial charge in [-0.2, -0.15) is 0 Å². The molecule has 0 fully saturated rings. The van der Waals surface area contributed by atoms with Gasteiger partial charge in [0.2, 0.25) is 5.91 Å². The van der Waals surface area contributed by atoms with Crippen LogP contribution in [0.1, 0.15) is 48.6 Å². The van der Waals surface area contributed by atoms with Crippen molar-refractivity contribution in [2.75, 3.05) is 11.1 Å². The summed E-state index contributed by atoms with van der Waals surface area (Å²) in [5, 5.41) is 15.1. The highest BCUT2D eigenvalue weighted by molar-refractivity contribution is 7.99. The standard InChI is InChI=1S/C23H28N6O2S/c1-5-29-21(20(15(2)3)26-22(31)17-11-9-16(4)10-12-17)27-28-23(29)32-14-19(30)25-18-8-6-7-13-24-18/h6-13,15,20H,5,14H2,1-4H3,(H,26,31)(H,24,25,30)/t20-/m1/s1. The van der Waals surface area contributed by atoms with Crippen molar-refractivity contribution in [3.05, 3.63) is 65.6 Å². The fourth-order valence-corrected chi connectivity index (χ4v) is 3.95. The van der Waals surface area contributed by atoms with Gasteiger partial charge in [-0.1, -0.05) is 49.4 Å². The molecule has 2 amide bonds. The van der Waals surface area contributed by atoms with E-state index in [1.165, 1.54) is 11.8 Å². The van der Waals surface area contributed by atoms with Crippen LogP contribution in [0.15, 0.2) is 53.8 Å². The number of carbonyl (C=O) groups is 2. The lowest BCUT2D eigenvalue weighted by atomic mass is 10.0. The molecule has 1 atom stereocenters. The second-order valence-electron chi connectivity index (χ2n) is 7.70. The van der Waals surface area contributed by atoms with E-state index in [0.29, 0.717) is 28.9 Å². The number of carbonyl (C=O) groups excluding carboxylic acids is 2. The van der Waals surface area contributed by atoms with E-state index in [1.807, 2.05) is 62.6 Å². The minimum absolute atomic E-state index is 0.101. The van der Waals surface area contributed by atoms with E-state index >= 15 is 0 Å². The van der Waals surface area contributed by atoms with Gasteiger partial charge in [0.25, 0.3) is 5.91 Å². The predicted octanol–water partition coefficient (Wildman–Crippen LogP) is 3.86. The number of amides is 2. The van der Waals surface area contributed by atoms with Gasteiger partial charge in [-0.25, -0.2) is 4.98 Å². The van der Waals surface area contributed by atoms with Crippen LogP contribution in [0.25, 0.3) is 0 Å². The molecule has 0 saturated carbocycles. The van der Waals surface area contributed by atoms with Gasteiger partial charge in [0, 0.05) is 18.3 Å². The Kier molecular flexibility index (Phi) is 7.99. The number of benzene rings is 1. The number of aromatic nitrogens is 4. The molecule has 8 nitrogen and oxygen atoms in total. The SMILES string of the molecule is CCn1c(SCC(=O)Nc2ccccn2)nnc1[C@H](NC(=O)c1ccc(C)cc1)C(C)C. The molecule has 9 heteroatoms. The maximum atomic E-state index is 12.8. The molecule has 1 aromatic carbocycles. The van der Waals surface area contributed by atoms with Crippen molar-refractivity contribution >= 4 is 29.4 Å². The Morgan fingerprint density at radius 3 is 2.47 bits per heavy atom. The van der Waals surface area contributed by atoms with Crippen LogP contribution >= 0.6 is 11.8 Å². The lowest BCUT2D eigenvalue weighted by Crippen LogP contribution is -2.33. The van der Waals surface area contributed by atoms with Gasteiger partial charge in [-0.05, 0) is 44.0 Å². The number of anilines is 1. The molecule has 0 spiro atoms. The molecule has 0 aliphatic carbocycles. The summed E-state index contributed by atoms with van der Waals surface area (Å²) >= 11 is 1.30. The first-order chi connectivity index (χ1) is 15.4. The van der Waals surface area contributed by atoms with Crippen LogP contribution in [0.2, 0.25) is 0 Å². The third kappa shape index (κ3) is 5.94. The first-order valence-electron chi connectivity index (χ1n) is 10.5. The molecule has 2 N–H and O–H groups in total. The molecule has 2 heterocycles. The Morgan fingerprint density at radius 1 is 1.09 bits per heavy atom. The summed E-state index contributed by atoms with van der Waals surface area (Å²) in [6, 6.07) is 12.5. The normalized spacial score (nSPS) is 11.9. The van der Waals surface area contributed by atoms with Gasteiger partial charge in [0.1, 0.15) is 5.82 Å². The lowest BCUT2D eigenvalue weighted by Gasteiger charge is -2.22. The summed E-state index contributed by atoms with van der Waals surface area (Å²) in [7, 11) is 0. The molecule has 0 bridgehead atoms. The molecule has 0 radical (unpaired) electrons. The van der Waals surface area contributed by atoms with Crippen LogP contribution in [0, 0.1) is 12.8 Å². The van der Waals surface area contributed by atoms with E-state index in [1.54, 1.807) is 18.3 Å². The fraction of sp³-hybridized carbons (Fsp3) is 0.348. The number of pyridine rings is 1. The topological polar surface area (TPSA) is 102 Å². The van der Waals surface area contributed by atoms with E-state index in [0.717, 1.165) is 5.56 Å². The molecule has 3 rings (SSSR count). The highest BCUT2D eigenvalue weighted by Crippen LogP contribution is 2.25. The molecular formula is C23H28N6O2S. The Hall–Kier alpha value is -3.20. The van der Waals surface area contributed by atoms with Crippen LogP contribution in [-0.2, 0) is 11.3 Å². The van der Waals surface area contributed by atoms with Gasteiger partial charge in [0.15, 0.2) is 11.0 Å². The third-order valence-corrected chi connectivity index (χ3v) is 5.84. The molecule has 3 aromatic rings. The van der Waals surface area contributed by atoms with Gasteiger partial charge < -0.3 is 15.2 Å². The molecule has 0 aliphatic rings. The van der Waals surface area contributed by atoms with E-state index < -0.39 is 0 Å². The summed E-state index contributed by atoms with van der Waals surface area (Å²) < 4.78 is 1.94. The van der Waals surface area contributed by atoms with Crippen LogP contribution in [0.4, 0.5) is 5.82 Å². The van der Waals surface area contributed by atoms with Gasteiger partial charge in [-0.15, -0.1) is 10.2 Å². The highest BCUT2D eigenvalue weighted by atomic mass is 32.2. The first-order valence-corrected chi connectivity index (χ1v) is 11.5. The number of thioether (sulfide) groups is 1. The fourth-order valence-electron chi connectivity index (χ4n) is 3.14. The van der Waals surface area contributed by atoms with Crippen molar-refractivity contribution < 1.29 is 9.59 Å². The second-order valence-corrected chi connectivity index (χ2v) is 8.64. The zero-order valence-corrected chi connectivity index (χ0v) is 19.5. The largest absolute Gasteiger partial charge is 0.342 e. The van der Waals surface area contributed by atoms with Crippen LogP contribution in [-0.4, -0.2) is 37.3 Å². The third-order valence-electron chi connectivity index (χ3n) is 4.87. The number of nitrogens with one attached hydrogen (secondary N) is 2. The summed E-state index contributed by atoms with van der Waals surface area (Å²) in [5.74, 6) is 1.14. The number of aryl methyl sites for hydroxylation is 1. The molecule has 168 valence electrons. The van der Waals surface area contributed by atoms with Gasteiger partial charge in [-0.3, -0.25) is 9.59 Å². The summed E-state index contributed by atoms with van der Waals surface area (Å²) in [4.78, 5) is 29.2. The zero-order chi connectivity index (χ0) is 23.1. The van der Waals surface area contributed by atoms with Crippen molar-refractivity contribution in [3.8, 4) is 0 Å². The van der Waals surface area contributed by atoms with Crippen LogP contribution < -0.4 is 10.6 Å². The predicted molar refractivity (Wildman–Crippen MR) is 126 cm³/mol. The average molecular weight is 453 g/mol. The number of hydrogen-bond donors (Lipinski definition) is 2. The van der Waals surface area contributed by atoms with E-state index in [2.05, 4.69) is 25.8 Å². The van der Waals surface area contributed by atoms with Crippen molar-refractivity contribution in [2.24, 2.45) is 5.92 Å². The molecule has 0 aliphatic heterocycles. The monoisotopic (exact) mass is 452 g/mol. The van der Waals surface area contributed by atoms with Gasteiger partial charge in [0.05, 0.1) is 11.8 Å². The summed E-state index contributed by atoms with van der Waals surface area (Å²) in [6.45, 7) is 8.65. The minimum atomic E-state index is -0.312. The molecule has 0 saturated heterocycles. The summed E-state index contributed by atoms with van der Waals surface area (Å²) in [5.41, 5.74) is 1.70. The quantitative estimate of drug-likeness (QED) is 0.478. The first kappa shape index (κ1) is 23.5. The Labute approximate surface area is 192 Å².